The predicted octanol–water partition coefficient (Wildman–Crippen LogP) is 2.32. The third kappa shape index (κ3) is 5.81. The van der Waals surface area contributed by atoms with Crippen molar-refractivity contribution < 1.29 is 13.2 Å². The molecular formula is C17H28N4O3S. The largest absolute Gasteiger partial charge is 0.473 e. The molecule has 3 rings (SSSR count). The highest BCUT2D eigenvalue weighted by atomic mass is 32.2. The van der Waals surface area contributed by atoms with Crippen molar-refractivity contribution in [3.8, 4) is 5.88 Å². The van der Waals surface area contributed by atoms with Crippen LogP contribution < -0.4 is 14.8 Å². The second-order valence-electron chi connectivity index (χ2n) is 7.19. The molecule has 1 aromatic heterocycles. The Balaban J connectivity index is 1.53. The summed E-state index contributed by atoms with van der Waals surface area (Å²) in [5.74, 6) is 1.51. The molecule has 140 valence electrons. The first-order valence-corrected chi connectivity index (χ1v) is 11.1. The van der Waals surface area contributed by atoms with Crippen molar-refractivity contribution >= 4 is 15.8 Å². The van der Waals surface area contributed by atoms with E-state index in [1.165, 1.54) is 25.5 Å². The predicted molar refractivity (Wildman–Crippen MR) is 97.1 cm³/mol. The maximum Gasteiger partial charge on any atom is 0.234 e. The van der Waals surface area contributed by atoms with Gasteiger partial charge in [-0.15, -0.1) is 0 Å². The summed E-state index contributed by atoms with van der Waals surface area (Å²) in [5.41, 5.74) is 0. The molecule has 2 atom stereocenters. The van der Waals surface area contributed by atoms with Crippen molar-refractivity contribution in [2.24, 2.45) is 5.92 Å². The maximum atomic E-state index is 11.5. The van der Waals surface area contributed by atoms with E-state index in [0.29, 0.717) is 18.2 Å². The maximum absolute atomic E-state index is 11.5. The standard InChI is InChI=1S/C17H28N4O3S/c1-25(22,23)21-15-9-5-6-13(15)10-19-16-11-18-12-17(20-16)24-14-7-3-2-4-8-14/h11-15,21H,2-10H2,1H3,(H,19,20). The van der Waals surface area contributed by atoms with Crippen LogP contribution in [0.3, 0.4) is 0 Å². The normalized spacial score (nSPS) is 25.0. The fraction of sp³-hybridized carbons (Fsp3) is 0.765. The highest BCUT2D eigenvalue weighted by Crippen LogP contribution is 2.27. The van der Waals surface area contributed by atoms with Crippen LogP contribution in [0.25, 0.3) is 0 Å². The van der Waals surface area contributed by atoms with E-state index >= 15 is 0 Å². The fourth-order valence-electron chi connectivity index (χ4n) is 3.79. The molecule has 0 bridgehead atoms. The molecule has 0 spiro atoms. The smallest absolute Gasteiger partial charge is 0.234 e. The molecule has 0 saturated heterocycles. The van der Waals surface area contributed by atoms with Crippen LogP contribution in [-0.2, 0) is 10.0 Å². The molecule has 7 nitrogen and oxygen atoms in total. The lowest BCUT2D eigenvalue weighted by Gasteiger charge is -2.23. The lowest BCUT2D eigenvalue weighted by Crippen LogP contribution is -2.39. The number of hydrogen-bond donors (Lipinski definition) is 2. The topological polar surface area (TPSA) is 93.2 Å². The van der Waals surface area contributed by atoms with Gasteiger partial charge in [-0.1, -0.05) is 12.8 Å². The SMILES string of the molecule is CS(=O)(=O)NC1CCCC1CNc1cncc(OC2CCCCC2)n1. The van der Waals surface area contributed by atoms with Gasteiger partial charge in [0, 0.05) is 12.6 Å². The Hall–Kier alpha value is -1.41. The highest BCUT2D eigenvalue weighted by Gasteiger charge is 2.29. The van der Waals surface area contributed by atoms with Crippen molar-refractivity contribution in [3.05, 3.63) is 12.4 Å². The van der Waals surface area contributed by atoms with Gasteiger partial charge < -0.3 is 10.1 Å². The zero-order chi connectivity index (χ0) is 17.7. The lowest BCUT2D eigenvalue weighted by atomic mass is 9.98. The summed E-state index contributed by atoms with van der Waals surface area (Å²) in [6, 6.07) is -0.00266. The summed E-state index contributed by atoms with van der Waals surface area (Å²) in [7, 11) is -3.17. The van der Waals surface area contributed by atoms with Crippen LogP contribution in [0.1, 0.15) is 51.4 Å². The molecule has 8 heteroatoms. The van der Waals surface area contributed by atoms with Crippen molar-refractivity contribution in [1.29, 1.82) is 0 Å². The number of rotatable bonds is 7. The summed E-state index contributed by atoms with van der Waals surface area (Å²) >= 11 is 0. The molecule has 2 N–H and O–H groups in total. The molecule has 25 heavy (non-hydrogen) atoms. The van der Waals surface area contributed by atoms with Gasteiger partial charge in [-0.25, -0.2) is 13.1 Å². The van der Waals surface area contributed by atoms with E-state index in [9.17, 15) is 8.42 Å². The van der Waals surface area contributed by atoms with Gasteiger partial charge in [-0.05, 0) is 44.4 Å². The van der Waals surface area contributed by atoms with E-state index < -0.39 is 10.0 Å². The average Bonchev–Trinajstić information content (AvgIpc) is 2.99. The molecule has 0 aromatic carbocycles. The first-order valence-electron chi connectivity index (χ1n) is 9.19. The molecule has 2 unspecified atom stereocenters. The third-order valence-electron chi connectivity index (χ3n) is 5.02. The Labute approximate surface area is 150 Å². The summed E-state index contributed by atoms with van der Waals surface area (Å²) in [5, 5.41) is 3.29. The second kappa shape index (κ2) is 8.31. The molecule has 2 aliphatic carbocycles. The minimum Gasteiger partial charge on any atom is -0.473 e. The lowest BCUT2D eigenvalue weighted by molar-refractivity contribution is 0.148. The zero-order valence-corrected chi connectivity index (χ0v) is 15.6. The van der Waals surface area contributed by atoms with Gasteiger partial charge in [0.25, 0.3) is 0 Å². The van der Waals surface area contributed by atoms with Crippen molar-refractivity contribution in [1.82, 2.24) is 14.7 Å². The van der Waals surface area contributed by atoms with Crippen LogP contribution in [0.15, 0.2) is 12.4 Å². The molecule has 2 saturated carbocycles. The molecule has 1 aromatic rings. The molecule has 1 heterocycles. The van der Waals surface area contributed by atoms with Crippen molar-refractivity contribution in [2.45, 2.75) is 63.5 Å². The number of hydrogen-bond acceptors (Lipinski definition) is 6. The Kier molecular flexibility index (Phi) is 6.11. The minimum atomic E-state index is -3.17. The number of ether oxygens (including phenoxy) is 1. The van der Waals surface area contributed by atoms with Crippen molar-refractivity contribution in [2.75, 3.05) is 18.1 Å². The summed E-state index contributed by atoms with van der Waals surface area (Å²) in [6.07, 6.45) is 13.6. The monoisotopic (exact) mass is 368 g/mol. The van der Waals surface area contributed by atoms with Gasteiger partial charge in [-0.2, -0.15) is 4.98 Å². The van der Waals surface area contributed by atoms with Crippen LogP contribution in [-0.4, -0.2) is 43.3 Å². The molecule has 0 radical (unpaired) electrons. The van der Waals surface area contributed by atoms with Gasteiger partial charge in [0.15, 0.2) is 0 Å². The van der Waals surface area contributed by atoms with Crippen LogP contribution in [0.2, 0.25) is 0 Å². The molecule has 2 aliphatic rings. The Morgan fingerprint density at radius 3 is 2.68 bits per heavy atom. The molecule has 2 fully saturated rings. The highest BCUT2D eigenvalue weighted by molar-refractivity contribution is 7.88. The van der Waals surface area contributed by atoms with E-state index in [0.717, 1.165) is 32.1 Å². The van der Waals surface area contributed by atoms with E-state index in [1.807, 2.05) is 0 Å². The summed E-state index contributed by atoms with van der Waals surface area (Å²) < 4.78 is 31.6. The first kappa shape index (κ1) is 18.4. The third-order valence-corrected chi connectivity index (χ3v) is 5.75. The van der Waals surface area contributed by atoms with E-state index in [2.05, 4.69) is 20.0 Å². The van der Waals surface area contributed by atoms with Crippen LogP contribution in [0.4, 0.5) is 5.82 Å². The van der Waals surface area contributed by atoms with Gasteiger partial charge in [0.1, 0.15) is 11.9 Å². The molecule has 0 aliphatic heterocycles. The quantitative estimate of drug-likeness (QED) is 0.767. The Bertz CT molecular complexity index is 662. The van der Waals surface area contributed by atoms with Crippen LogP contribution >= 0.6 is 0 Å². The second-order valence-corrected chi connectivity index (χ2v) is 8.97. The van der Waals surface area contributed by atoms with Crippen molar-refractivity contribution in [3.63, 3.8) is 0 Å². The average molecular weight is 369 g/mol. The van der Waals surface area contributed by atoms with E-state index in [1.54, 1.807) is 12.4 Å². The Morgan fingerprint density at radius 1 is 1.12 bits per heavy atom. The van der Waals surface area contributed by atoms with Gasteiger partial charge in [0.05, 0.1) is 18.6 Å². The number of anilines is 1. The molecular weight excluding hydrogens is 340 g/mol. The minimum absolute atomic E-state index is 0.00266. The summed E-state index contributed by atoms with van der Waals surface area (Å²) in [6.45, 7) is 0.675. The zero-order valence-electron chi connectivity index (χ0n) is 14.8. The Morgan fingerprint density at radius 2 is 1.92 bits per heavy atom. The van der Waals surface area contributed by atoms with Crippen LogP contribution in [0.5, 0.6) is 5.88 Å². The van der Waals surface area contributed by atoms with Gasteiger partial charge >= 0.3 is 0 Å². The number of aromatic nitrogens is 2. The van der Waals surface area contributed by atoms with Gasteiger partial charge in [-0.3, -0.25) is 4.98 Å². The van der Waals surface area contributed by atoms with E-state index in [4.69, 9.17) is 4.74 Å². The summed E-state index contributed by atoms with van der Waals surface area (Å²) in [4.78, 5) is 8.71. The number of sulfonamides is 1. The number of nitrogens with one attached hydrogen (secondary N) is 2. The molecule has 0 amide bonds. The fourth-order valence-corrected chi connectivity index (χ4v) is 4.65. The van der Waals surface area contributed by atoms with Gasteiger partial charge in [0.2, 0.25) is 15.9 Å². The first-order chi connectivity index (χ1) is 12.0. The van der Waals surface area contributed by atoms with Crippen LogP contribution in [0, 0.1) is 5.92 Å². The van der Waals surface area contributed by atoms with E-state index in [-0.39, 0.29) is 18.1 Å². The number of nitrogens with zero attached hydrogens (tertiary/aromatic N) is 2.